The minimum atomic E-state index is -0.902. The number of esters is 2. The van der Waals surface area contributed by atoms with Crippen molar-refractivity contribution in [1.82, 2.24) is 9.88 Å². The highest BCUT2D eigenvalue weighted by atomic mass is 35.5. The molecular formula is C28H25ClN2O6. The molecule has 0 unspecified atom stereocenters. The van der Waals surface area contributed by atoms with E-state index >= 15 is 0 Å². The van der Waals surface area contributed by atoms with E-state index in [1.54, 1.807) is 57.3 Å². The third-order valence-electron chi connectivity index (χ3n) is 5.40. The highest BCUT2D eigenvalue weighted by Crippen LogP contribution is 2.28. The summed E-state index contributed by atoms with van der Waals surface area (Å²) in [7, 11) is 0. The summed E-state index contributed by atoms with van der Waals surface area (Å²) in [5, 5.41) is 3.55. The minimum Gasteiger partial charge on any atom is -0.457 e. The molecule has 0 saturated heterocycles. The number of hydrogen-bond donors (Lipinski definition) is 1. The number of fused-ring (bicyclic) bond motifs is 1. The number of nitrogens with zero attached hydrogens (tertiary/aromatic N) is 1. The van der Waals surface area contributed by atoms with Crippen LogP contribution in [0.2, 0.25) is 5.02 Å². The number of Topliss-reactive ketones (excluding diaryl/α,β-unsaturated/α-hetero) is 1. The number of ketones is 1. The SMILES string of the molecule is CC(C)(C)OC(=O)C=Cc1cccc2c1c(C(=O)C(=O)NC1=CC(=O)OC1)cn2Cc1ccc(Cl)cc1. The number of rotatable bonds is 7. The van der Waals surface area contributed by atoms with Crippen LogP contribution in [-0.2, 0) is 30.4 Å². The third kappa shape index (κ3) is 6.34. The van der Waals surface area contributed by atoms with Crippen molar-refractivity contribution in [2.45, 2.75) is 32.9 Å². The fraction of sp³-hybridized carbons (Fsp3) is 0.214. The van der Waals surface area contributed by atoms with Crippen molar-refractivity contribution >= 4 is 52.2 Å². The number of hydrogen-bond acceptors (Lipinski definition) is 6. The molecule has 1 N–H and O–H groups in total. The third-order valence-corrected chi connectivity index (χ3v) is 5.65. The first-order chi connectivity index (χ1) is 17.5. The highest BCUT2D eigenvalue weighted by molar-refractivity contribution is 6.45. The van der Waals surface area contributed by atoms with Gasteiger partial charge in [0.15, 0.2) is 0 Å². The Bertz CT molecular complexity index is 1460. The molecule has 0 atom stereocenters. The molecule has 1 aliphatic heterocycles. The van der Waals surface area contributed by atoms with Crippen LogP contribution in [0.4, 0.5) is 0 Å². The van der Waals surface area contributed by atoms with E-state index in [1.807, 2.05) is 22.8 Å². The molecule has 2 aromatic carbocycles. The van der Waals surface area contributed by atoms with Gasteiger partial charge in [-0.3, -0.25) is 9.59 Å². The van der Waals surface area contributed by atoms with Gasteiger partial charge < -0.3 is 19.4 Å². The first-order valence-corrected chi connectivity index (χ1v) is 11.9. The molecule has 8 nitrogen and oxygen atoms in total. The summed E-state index contributed by atoms with van der Waals surface area (Å²) >= 11 is 6.01. The highest BCUT2D eigenvalue weighted by Gasteiger charge is 2.25. The van der Waals surface area contributed by atoms with Crippen LogP contribution in [0, 0.1) is 0 Å². The maximum Gasteiger partial charge on any atom is 0.333 e. The van der Waals surface area contributed by atoms with Crippen LogP contribution in [0.1, 0.15) is 42.3 Å². The summed E-state index contributed by atoms with van der Waals surface area (Å²) in [5.74, 6) is -2.82. The quantitative estimate of drug-likeness (QED) is 0.214. The van der Waals surface area contributed by atoms with Gasteiger partial charge in [0.1, 0.15) is 12.2 Å². The average Bonchev–Trinajstić information content (AvgIpc) is 3.41. The van der Waals surface area contributed by atoms with Crippen LogP contribution >= 0.6 is 11.6 Å². The number of amides is 1. The van der Waals surface area contributed by atoms with E-state index in [0.29, 0.717) is 28.0 Å². The average molecular weight is 521 g/mol. The number of cyclic esters (lactones) is 1. The summed E-state index contributed by atoms with van der Waals surface area (Å²) in [6.45, 7) is 5.60. The number of ether oxygens (including phenoxy) is 2. The Morgan fingerprint density at radius 2 is 1.86 bits per heavy atom. The zero-order valence-corrected chi connectivity index (χ0v) is 21.3. The van der Waals surface area contributed by atoms with E-state index in [-0.39, 0.29) is 17.9 Å². The van der Waals surface area contributed by atoms with E-state index in [4.69, 9.17) is 21.1 Å². The lowest BCUT2D eigenvalue weighted by atomic mass is 10.0. The normalized spacial score (nSPS) is 13.5. The molecular weight excluding hydrogens is 496 g/mol. The van der Waals surface area contributed by atoms with Crippen molar-refractivity contribution in [2.24, 2.45) is 0 Å². The van der Waals surface area contributed by atoms with Gasteiger partial charge in [0.05, 0.1) is 11.3 Å². The molecule has 0 bridgehead atoms. The molecule has 9 heteroatoms. The topological polar surface area (TPSA) is 104 Å². The largest absolute Gasteiger partial charge is 0.457 e. The van der Waals surface area contributed by atoms with Crippen LogP contribution < -0.4 is 5.32 Å². The van der Waals surface area contributed by atoms with Crippen LogP contribution in [0.3, 0.4) is 0 Å². The molecule has 2 heterocycles. The Kier molecular flexibility index (Phi) is 7.31. The van der Waals surface area contributed by atoms with Crippen molar-refractivity contribution < 1.29 is 28.7 Å². The maximum absolute atomic E-state index is 13.3. The number of aromatic nitrogens is 1. The van der Waals surface area contributed by atoms with Crippen molar-refractivity contribution in [3.05, 3.63) is 88.2 Å². The van der Waals surface area contributed by atoms with E-state index in [2.05, 4.69) is 5.32 Å². The van der Waals surface area contributed by atoms with Crippen molar-refractivity contribution in [3.63, 3.8) is 0 Å². The molecule has 190 valence electrons. The van der Waals surface area contributed by atoms with Gasteiger partial charge in [-0.25, -0.2) is 9.59 Å². The van der Waals surface area contributed by atoms with Gasteiger partial charge in [0, 0.05) is 40.8 Å². The first kappa shape index (κ1) is 25.9. The first-order valence-electron chi connectivity index (χ1n) is 11.5. The summed E-state index contributed by atoms with van der Waals surface area (Å²) in [6, 6.07) is 12.7. The molecule has 0 radical (unpaired) electrons. The van der Waals surface area contributed by atoms with Gasteiger partial charge in [-0.1, -0.05) is 35.9 Å². The standard InChI is InChI=1S/C28H25ClN2O6/c1-28(2,3)37-23(32)12-9-18-5-4-6-22-25(18)21(15-31(22)14-17-7-10-19(29)11-8-17)26(34)27(35)30-20-13-24(33)36-16-20/h4-13,15H,14,16H2,1-3H3,(H,30,35). The molecule has 0 fully saturated rings. The van der Waals surface area contributed by atoms with Gasteiger partial charge in [0.2, 0.25) is 0 Å². The van der Waals surface area contributed by atoms with E-state index in [0.717, 1.165) is 11.6 Å². The minimum absolute atomic E-state index is 0.111. The van der Waals surface area contributed by atoms with Crippen LogP contribution in [0.25, 0.3) is 17.0 Å². The lowest BCUT2D eigenvalue weighted by Crippen LogP contribution is -2.31. The zero-order valence-electron chi connectivity index (χ0n) is 20.5. The number of carbonyl (C=O) groups is 4. The van der Waals surface area contributed by atoms with Crippen LogP contribution in [-0.4, -0.2) is 40.4 Å². The van der Waals surface area contributed by atoms with Crippen molar-refractivity contribution in [3.8, 4) is 0 Å². The summed E-state index contributed by atoms with van der Waals surface area (Å²) in [5.41, 5.74) is 1.89. The fourth-order valence-corrected chi connectivity index (χ4v) is 4.00. The fourth-order valence-electron chi connectivity index (χ4n) is 3.87. The van der Waals surface area contributed by atoms with Gasteiger partial charge in [-0.15, -0.1) is 0 Å². The van der Waals surface area contributed by atoms with Crippen molar-refractivity contribution in [2.75, 3.05) is 6.61 Å². The van der Waals surface area contributed by atoms with E-state index < -0.39 is 29.2 Å². The Morgan fingerprint density at radius 3 is 2.51 bits per heavy atom. The Balaban J connectivity index is 1.75. The van der Waals surface area contributed by atoms with E-state index in [9.17, 15) is 19.2 Å². The van der Waals surface area contributed by atoms with Gasteiger partial charge in [0.25, 0.3) is 11.7 Å². The number of carbonyl (C=O) groups excluding carboxylic acids is 4. The Hall–Kier alpha value is -4.17. The van der Waals surface area contributed by atoms with E-state index in [1.165, 1.54) is 6.08 Å². The molecule has 1 aliphatic rings. The molecule has 4 rings (SSSR count). The predicted octanol–water partition coefficient (Wildman–Crippen LogP) is 4.44. The zero-order chi connectivity index (χ0) is 26.7. The number of halogens is 1. The molecule has 1 amide bonds. The predicted molar refractivity (Wildman–Crippen MR) is 139 cm³/mol. The molecule has 0 spiro atoms. The second kappa shape index (κ2) is 10.4. The second-order valence-electron chi connectivity index (χ2n) is 9.47. The van der Waals surface area contributed by atoms with Crippen LogP contribution in [0.15, 0.2) is 66.5 Å². The summed E-state index contributed by atoms with van der Waals surface area (Å²) in [4.78, 5) is 49.7. The molecule has 1 aromatic heterocycles. The summed E-state index contributed by atoms with van der Waals surface area (Å²) in [6.07, 6.45) is 5.58. The van der Waals surface area contributed by atoms with Gasteiger partial charge >= 0.3 is 11.9 Å². The maximum atomic E-state index is 13.3. The lowest BCUT2D eigenvalue weighted by Gasteiger charge is -2.17. The second-order valence-corrected chi connectivity index (χ2v) is 9.90. The smallest absolute Gasteiger partial charge is 0.333 e. The number of benzene rings is 2. The van der Waals surface area contributed by atoms with Gasteiger partial charge in [-0.05, 0) is 56.2 Å². The Morgan fingerprint density at radius 1 is 1.14 bits per heavy atom. The molecule has 0 saturated carbocycles. The lowest BCUT2D eigenvalue weighted by molar-refractivity contribution is -0.148. The monoisotopic (exact) mass is 520 g/mol. The van der Waals surface area contributed by atoms with Crippen LogP contribution in [0.5, 0.6) is 0 Å². The molecule has 3 aromatic rings. The van der Waals surface area contributed by atoms with Crippen molar-refractivity contribution in [1.29, 1.82) is 0 Å². The summed E-state index contributed by atoms with van der Waals surface area (Å²) < 4.78 is 12.0. The molecule has 0 aliphatic carbocycles. The molecule has 37 heavy (non-hydrogen) atoms. The Labute approximate surface area is 218 Å². The number of nitrogens with one attached hydrogen (secondary N) is 1. The van der Waals surface area contributed by atoms with Gasteiger partial charge in [-0.2, -0.15) is 0 Å².